The second-order valence-electron chi connectivity index (χ2n) is 9.67. The zero-order chi connectivity index (χ0) is 24.3. The fourth-order valence-electron chi connectivity index (χ4n) is 5.48. The molecule has 2 heterocycles. The summed E-state index contributed by atoms with van der Waals surface area (Å²) in [5, 5.41) is 12.1. The smallest absolute Gasteiger partial charge is 0.192 e. The minimum Gasteiger partial charge on any atom is -0.355 e. The van der Waals surface area contributed by atoms with Crippen LogP contribution in [0.2, 0.25) is 0 Å². The Kier molecular flexibility index (Phi) is 7.16. The lowest BCUT2D eigenvalue weighted by molar-refractivity contribution is 0.0775. The van der Waals surface area contributed by atoms with Crippen LogP contribution in [-0.4, -0.2) is 39.6 Å². The Bertz CT molecular complexity index is 1140. The fraction of sp³-hybridized carbons (Fsp3) is 0.393. The molecule has 182 valence electrons. The third-order valence-corrected chi connectivity index (χ3v) is 8.71. The van der Waals surface area contributed by atoms with E-state index in [4.69, 9.17) is 5.41 Å². The number of carbonyl (C=O) groups is 1. The van der Waals surface area contributed by atoms with Crippen LogP contribution in [0.25, 0.3) is 0 Å². The fourth-order valence-corrected chi connectivity index (χ4v) is 6.94. The van der Waals surface area contributed by atoms with Crippen LogP contribution in [0.5, 0.6) is 0 Å². The lowest BCUT2D eigenvalue weighted by atomic mass is 9.65. The van der Waals surface area contributed by atoms with Crippen LogP contribution in [0.1, 0.15) is 55.4 Å². The Labute approximate surface area is 210 Å². The Hall–Kier alpha value is -2.77. The van der Waals surface area contributed by atoms with Gasteiger partial charge < -0.3 is 10.7 Å². The second-order valence-corrected chi connectivity index (χ2v) is 11.1. The van der Waals surface area contributed by atoms with Crippen LogP contribution in [-0.2, 0) is 0 Å². The van der Waals surface area contributed by atoms with Crippen molar-refractivity contribution in [3.63, 3.8) is 0 Å². The number of carbonyl (C=O) groups excluding carboxylic acids is 1. The van der Waals surface area contributed by atoms with Crippen LogP contribution in [0, 0.1) is 16.6 Å². The number of pyridine rings is 1. The van der Waals surface area contributed by atoms with E-state index in [0.29, 0.717) is 23.9 Å². The number of fused-ring (bicyclic) bond motifs is 1. The predicted molar refractivity (Wildman–Crippen MR) is 140 cm³/mol. The number of Topliss-reactive ketones (excluding diaryl/α,β-unsaturated/α-hetero) is 1. The van der Waals surface area contributed by atoms with Gasteiger partial charge in [-0.15, -0.1) is 0 Å². The van der Waals surface area contributed by atoms with Gasteiger partial charge in [-0.2, -0.15) is 0 Å². The maximum absolute atomic E-state index is 14.1. The highest BCUT2D eigenvalue weighted by atomic mass is 32.2. The average Bonchev–Trinajstić information content (AvgIpc) is 2.90. The van der Waals surface area contributed by atoms with Crippen molar-refractivity contribution in [2.24, 2.45) is 5.41 Å². The van der Waals surface area contributed by atoms with Gasteiger partial charge in [-0.05, 0) is 73.7 Å². The van der Waals surface area contributed by atoms with E-state index in [-0.39, 0.29) is 11.6 Å². The molecule has 1 aliphatic heterocycles. The lowest BCUT2D eigenvalue weighted by Crippen LogP contribution is -2.49. The molecule has 0 radical (unpaired) electrons. The highest BCUT2D eigenvalue weighted by Crippen LogP contribution is 2.49. The molecular weight excluding hydrogens is 459 g/mol. The summed E-state index contributed by atoms with van der Waals surface area (Å²) >= 11 is 1.93. The Morgan fingerprint density at radius 2 is 1.97 bits per heavy atom. The van der Waals surface area contributed by atoms with Crippen molar-refractivity contribution < 1.29 is 9.18 Å². The van der Waals surface area contributed by atoms with Crippen LogP contribution >= 0.6 is 11.9 Å². The Morgan fingerprint density at radius 3 is 2.69 bits per heavy atom. The van der Waals surface area contributed by atoms with Crippen molar-refractivity contribution in [3.05, 3.63) is 83.1 Å². The van der Waals surface area contributed by atoms with E-state index in [2.05, 4.69) is 20.7 Å². The van der Waals surface area contributed by atoms with E-state index in [9.17, 15) is 9.18 Å². The maximum atomic E-state index is 14.1. The molecule has 35 heavy (non-hydrogen) atoms. The molecule has 5 rings (SSSR count). The minimum atomic E-state index is -0.741. The van der Waals surface area contributed by atoms with E-state index >= 15 is 0 Å². The number of benzene rings is 1. The van der Waals surface area contributed by atoms with Gasteiger partial charge in [0.05, 0.1) is 5.41 Å². The number of piperidine rings is 1. The van der Waals surface area contributed by atoms with Gasteiger partial charge in [0.2, 0.25) is 0 Å². The predicted octanol–water partition coefficient (Wildman–Crippen LogP) is 6.42. The SMILES string of the molecule is N=CC1=C(Nc2ccc(F)cc2)C=C2CCN(SC3CCCCC3)CC2(C(=O)c2ccccn2)C1. The first-order valence-electron chi connectivity index (χ1n) is 12.4. The Morgan fingerprint density at radius 1 is 1.17 bits per heavy atom. The Balaban J connectivity index is 1.47. The monoisotopic (exact) mass is 490 g/mol. The minimum absolute atomic E-state index is 0.0264. The van der Waals surface area contributed by atoms with Crippen molar-refractivity contribution >= 4 is 29.6 Å². The summed E-state index contributed by atoms with van der Waals surface area (Å²) < 4.78 is 15.8. The number of hydrogen-bond acceptors (Lipinski definition) is 6. The number of hydrogen-bond donors (Lipinski definition) is 2. The molecule has 0 spiro atoms. The number of aromatic nitrogens is 1. The van der Waals surface area contributed by atoms with Gasteiger partial charge in [0.1, 0.15) is 11.5 Å². The van der Waals surface area contributed by atoms with Gasteiger partial charge in [-0.1, -0.05) is 42.8 Å². The molecule has 1 aromatic heterocycles. The molecule has 1 unspecified atom stereocenters. The summed E-state index contributed by atoms with van der Waals surface area (Å²) in [4.78, 5) is 18.5. The molecule has 0 amide bonds. The number of ketones is 1. The molecule has 2 N–H and O–H groups in total. The van der Waals surface area contributed by atoms with Gasteiger partial charge in [-0.25, -0.2) is 8.70 Å². The highest BCUT2D eigenvalue weighted by Gasteiger charge is 2.49. The maximum Gasteiger partial charge on any atom is 0.192 e. The van der Waals surface area contributed by atoms with E-state index in [1.54, 1.807) is 24.4 Å². The largest absolute Gasteiger partial charge is 0.355 e. The normalized spacial score (nSPS) is 23.4. The molecule has 1 atom stereocenters. The van der Waals surface area contributed by atoms with Gasteiger partial charge in [-0.3, -0.25) is 9.78 Å². The molecule has 7 heteroatoms. The van der Waals surface area contributed by atoms with Crippen molar-refractivity contribution in [3.8, 4) is 0 Å². The zero-order valence-electron chi connectivity index (χ0n) is 19.8. The summed E-state index contributed by atoms with van der Waals surface area (Å²) in [6.45, 7) is 1.52. The van der Waals surface area contributed by atoms with Crippen molar-refractivity contribution in [1.82, 2.24) is 9.29 Å². The summed E-state index contributed by atoms with van der Waals surface area (Å²) in [6, 6.07) is 11.7. The first kappa shape index (κ1) is 23.9. The molecule has 0 bridgehead atoms. The molecule has 2 fully saturated rings. The first-order valence-corrected chi connectivity index (χ1v) is 13.3. The van der Waals surface area contributed by atoms with Crippen LogP contribution in [0.3, 0.4) is 0 Å². The van der Waals surface area contributed by atoms with E-state index < -0.39 is 5.41 Å². The topological polar surface area (TPSA) is 69.1 Å². The number of anilines is 1. The first-order chi connectivity index (χ1) is 17.1. The van der Waals surface area contributed by atoms with Crippen molar-refractivity contribution in [1.29, 1.82) is 5.41 Å². The molecule has 1 aromatic carbocycles. The molecule has 5 nitrogen and oxygen atoms in total. The summed E-state index contributed by atoms with van der Waals surface area (Å²) in [5.41, 5.74) is 3.15. The standard InChI is InChI=1S/C28H31FN4OS/c29-22-9-11-23(12-10-22)32-26-16-21-13-15-33(35-24-6-2-1-3-7-24)19-28(21,17-20(26)18-30)27(34)25-8-4-5-14-31-25/h4-5,8-12,14,16,18,24,30,32H,1-3,6-7,13,15,17,19H2. The quantitative estimate of drug-likeness (QED) is 0.266. The number of halogens is 1. The van der Waals surface area contributed by atoms with E-state index in [1.165, 1.54) is 50.5 Å². The van der Waals surface area contributed by atoms with Gasteiger partial charge in [0, 0.05) is 42.1 Å². The zero-order valence-corrected chi connectivity index (χ0v) is 20.6. The number of nitrogens with one attached hydrogen (secondary N) is 2. The summed E-state index contributed by atoms with van der Waals surface area (Å²) in [5.74, 6) is -0.264. The van der Waals surface area contributed by atoms with Crippen LogP contribution in [0.4, 0.5) is 10.1 Å². The molecule has 1 saturated carbocycles. The van der Waals surface area contributed by atoms with Gasteiger partial charge >= 0.3 is 0 Å². The number of nitrogens with zero attached hydrogens (tertiary/aromatic N) is 2. The van der Waals surface area contributed by atoms with Crippen LogP contribution in [0.15, 0.2) is 71.6 Å². The molecule has 3 aliphatic rings. The number of rotatable bonds is 7. The van der Waals surface area contributed by atoms with Crippen molar-refractivity contribution in [2.45, 2.75) is 50.2 Å². The number of allylic oxidation sites excluding steroid dienone is 2. The molecule has 1 saturated heterocycles. The lowest BCUT2D eigenvalue weighted by Gasteiger charge is -2.46. The van der Waals surface area contributed by atoms with E-state index in [1.807, 2.05) is 24.1 Å². The van der Waals surface area contributed by atoms with Crippen LogP contribution < -0.4 is 5.32 Å². The summed E-state index contributed by atoms with van der Waals surface area (Å²) in [6.07, 6.45) is 12.7. The van der Waals surface area contributed by atoms with E-state index in [0.717, 1.165) is 35.5 Å². The highest BCUT2D eigenvalue weighted by molar-refractivity contribution is 7.97. The average molecular weight is 491 g/mol. The van der Waals surface area contributed by atoms with Crippen molar-refractivity contribution in [2.75, 3.05) is 18.4 Å². The third-order valence-electron chi connectivity index (χ3n) is 7.33. The molecular formula is C28H31FN4OS. The van der Waals surface area contributed by atoms with Gasteiger partial charge in [0.25, 0.3) is 0 Å². The third kappa shape index (κ3) is 5.11. The molecule has 2 aromatic rings. The second kappa shape index (κ2) is 10.5. The summed E-state index contributed by atoms with van der Waals surface area (Å²) in [7, 11) is 0. The van der Waals surface area contributed by atoms with Gasteiger partial charge in [0.15, 0.2) is 5.78 Å². The molecule has 2 aliphatic carbocycles.